The summed E-state index contributed by atoms with van der Waals surface area (Å²) in [5.41, 5.74) is 6.52. The van der Waals surface area contributed by atoms with Crippen LogP contribution in [0.3, 0.4) is 0 Å². The Hall–Kier alpha value is -3.08. The number of aromatic nitrogens is 3. The number of nitrogens with two attached hydrogens (primary N) is 1. The molecule has 2 aromatic heterocycles. The van der Waals surface area contributed by atoms with Crippen molar-refractivity contribution in [3.8, 4) is 23.4 Å². The number of nitrogens with zero attached hydrogens (tertiary/aromatic N) is 3. The summed E-state index contributed by atoms with van der Waals surface area (Å²) < 4.78 is 13.0. The fourth-order valence-electron chi connectivity index (χ4n) is 3.61. The molecule has 0 saturated heterocycles. The quantitative estimate of drug-likeness (QED) is 0.512. The van der Waals surface area contributed by atoms with Crippen LogP contribution in [0.4, 0.5) is 5.95 Å². The van der Waals surface area contributed by atoms with Gasteiger partial charge in [0.2, 0.25) is 5.95 Å². The zero-order valence-corrected chi connectivity index (χ0v) is 16.4. The fourth-order valence-corrected chi connectivity index (χ4v) is 3.61. The number of hydrogen-bond donors (Lipinski definition) is 2. The zero-order chi connectivity index (χ0) is 20.3. The Labute approximate surface area is 169 Å². The van der Waals surface area contributed by atoms with Gasteiger partial charge in [-0.05, 0) is 49.9 Å². The molecule has 0 aliphatic heterocycles. The van der Waals surface area contributed by atoms with Crippen LogP contribution in [0.1, 0.15) is 31.2 Å². The maximum absolute atomic E-state index is 10.6. The van der Waals surface area contributed by atoms with Gasteiger partial charge in [0.25, 0.3) is 0 Å². The molecule has 1 fully saturated rings. The summed E-state index contributed by atoms with van der Waals surface area (Å²) in [5, 5.41) is 11.5. The minimum absolute atomic E-state index is 0.209. The second kappa shape index (κ2) is 8.11. The van der Waals surface area contributed by atoms with E-state index in [0.717, 1.165) is 42.1 Å². The van der Waals surface area contributed by atoms with Crippen molar-refractivity contribution in [2.24, 2.45) is 0 Å². The van der Waals surface area contributed by atoms with Crippen molar-refractivity contribution in [2.45, 2.75) is 31.3 Å². The van der Waals surface area contributed by atoms with Gasteiger partial charge in [0, 0.05) is 30.5 Å². The fraction of sp³-hybridized carbons (Fsp3) is 0.364. The van der Waals surface area contributed by atoms with Crippen LogP contribution < -0.4 is 10.5 Å². The van der Waals surface area contributed by atoms with Crippen LogP contribution in [0, 0.1) is 11.8 Å². The molecule has 1 saturated carbocycles. The van der Waals surface area contributed by atoms with Crippen LogP contribution in [0.15, 0.2) is 36.7 Å². The summed E-state index contributed by atoms with van der Waals surface area (Å²) >= 11 is 0. The number of nitrogen functional groups attached to an aromatic ring is 1. The van der Waals surface area contributed by atoms with Gasteiger partial charge in [0.05, 0.1) is 12.1 Å². The number of ether oxygens (including phenoxy) is 2. The van der Waals surface area contributed by atoms with E-state index in [0.29, 0.717) is 24.8 Å². The third-order valence-corrected chi connectivity index (χ3v) is 5.09. The molecule has 1 aliphatic rings. The van der Waals surface area contributed by atoms with Gasteiger partial charge < -0.3 is 24.9 Å². The lowest BCUT2D eigenvalue weighted by Crippen LogP contribution is -2.20. The summed E-state index contributed by atoms with van der Waals surface area (Å²) in [6, 6.07) is 7.64. The van der Waals surface area contributed by atoms with E-state index in [1.807, 2.05) is 29.0 Å². The molecule has 2 heterocycles. The first kappa shape index (κ1) is 19.2. The van der Waals surface area contributed by atoms with Crippen LogP contribution >= 0.6 is 0 Å². The Morgan fingerprint density at radius 2 is 2.07 bits per heavy atom. The molecule has 0 radical (unpaired) electrons. The van der Waals surface area contributed by atoms with Gasteiger partial charge >= 0.3 is 0 Å². The van der Waals surface area contributed by atoms with E-state index in [-0.39, 0.29) is 5.95 Å². The van der Waals surface area contributed by atoms with Crippen LogP contribution in [0.2, 0.25) is 0 Å². The van der Waals surface area contributed by atoms with Gasteiger partial charge in [-0.2, -0.15) is 4.98 Å². The lowest BCUT2D eigenvalue weighted by Gasteiger charge is -2.13. The first-order chi connectivity index (χ1) is 14.1. The normalized spacial score (nSPS) is 15.2. The highest BCUT2D eigenvalue weighted by atomic mass is 16.5. The summed E-state index contributed by atoms with van der Waals surface area (Å²) in [4.78, 5) is 8.27. The number of methoxy groups -OCH3 is 1. The third kappa shape index (κ3) is 4.19. The number of anilines is 1. The lowest BCUT2D eigenvalue weighted by molar-refractivity contribution is 0.110. The molecule has 29 heavy (non-hydrogen) atoms. The van der Waals surface area contributed by atoms with Crippen molar-refractivity contribution in [3.63, 3.8) is 0 Å². The first-order valence-corrected chi connectivity index (χ1v) is 9.69. The molecule has 4 rings (SSSR count). The largest absolute Gasteiger partial charge is 0.490 e. The number of benzene rings is 1. The predicted molar refractivity (Wildman–Crippen MR) is 111 cm³/mol. The number of rotatable bonds is 5. The Morgan fingerprint density at radius 3 is 2.83 bits per heavy atom. The van der Waals surface area contributed by atoms with E-state index < -0.39 is 5.60 Å². The minimum atomic E-state index is -0.894. The van der Waals surface area contributed by atoms with E-state index in [9.17, 15) is 5.11 Å². The molecule has 0 bridgehead atoms. The standard InChI is InChI=1S/C22H24N4O3/c1-28-12-13-29-19-15-16(4-9-22(27)7-2-3-8-22)14-18-17(19)6-11-26(18)20-5-10-24-21(23)25-20/h5-6,10-11,14-15,27H,2-3,7-8,12-13H2,1H3,(H2,23,24,25). The van der Waals surface area contributed by atoms with Crippen molar-refractivity contribution < 1.29 is 14.6 Å². The maximum atomic E-state index is 10.6. The molecule has 1 aromatic carbocycles. The van der Waals surface area contributed by atoms with Crippen LogP contribution in [0.5, 0.6) is 5.75 Å². The molecule has 3 aromatic rings. The smallest absolute Gasteiger partial charge is 0.221 e. The Balaban J connectivity index is 1.79. The predicted octanol–water partition coefficient (Wildman–Crippen LogP) is 2.68. The van der Waals surface area contributed by atoms with E-state index in [4.69, 9.17) is 15.2 Å². The number of fused-ring (bicyclic) bond motifs is 1. The van der Waals surface area contributed by atoms with Gasteiger partial charge in [-0.1, -0.05) is 11.8 Å². The molecule has 7 nitrogen and oxygen atoms in total. The Bertz CT molecular complexity index is 1070. The average Bonchev–Trinajstić information content (AvgIpc) is 3.33. The highest BCUT2D eigenvalue weighted by molar-refractivity contribution is 5.89. The summed E-state index contributed by atoms with van der Waals surface area (Å²) in [7, 11) is 1.64. The number of aliphatic hydroxyl groups is 1. The molecule has 1 aliphatic carbocycles. The van der Waals surface area contributed by atoms with E-state index in [1.54, 1.807) is 19.4 Å². The highest BCUT2D eigenvalue weighted by Crippen LogP contribution is 2.31. The van der Waals surface area contributed by atoms with Crippen LogP contribution in [-0.4, -0.2) is 45.6 Å². The topological polar surface area (TPSA) is 95.4 Å². The molecular weight excluding hydrogens is 368 g/mol. The molecule has 0 atom stereocenters. The molecule has 7 heteroatoms. The summed E-state index contributed by atoms with van der Waals surface area (Å²) in [6.45, 7) is 0.915. The van der Waals surface area contributed by atoms with Crippen molar-refractivity contribution >= 4 is 16.9 Å². The number of hydrogen-bond acceptors (Lipinski definition) is 6. The van der Waals surface area contributed by atoms with Gasteiger partial charge in [0.1, 0.15) is 23.8 Å². The monoisotopic (exact) mass is 392 g/mol. The molecule has 0 unspecified atom stereocenters. The molecule has 3 N–H and O–H groups in total. The van der Waals surface area contributed by atoms with Gasteiger partial charge in [-0.15, -0.1) is 0 Å². The van der Waals surface area contributed by atoms with E-state index >= 15 is 0 Å². The molecule has 150 valence electrons. The van der Waals surface area contributed by atoms with Crippen molar-refractivity contribution in [2.75, 3.05) is 26.1 Å². The van der Waals surface area contributed by atoms with Crippen LogP contribution in [-0.2, 0) is 4.74 Å². The zero-order valence-electron chi connectivity index (χ0n) is 16.4. The van der Waals surface area contributed by atoms with E-state index in [2.05, 4.69) is 21.8 Å². The van der Waals surface area contributed by atoms with E-state index in [1.165, 1.54) is 0 Å². The maximum Gasteiger partial charge on any atom is 0.221 e. The van der Waals surface area contributed by atoms with Gasteiger partial charge in [0.15, 0.2) is 0 Å². The molecular formula is C22H24N4O3. The van der Waals surface area contributed by atoms with Gasteiger partial charge in [-0.3, -0.25) is 0 Å². The SMILES string of the molecule is COCCOc1cc(C#CC2(O)CCCC2)cc2c1ccn2-c1ccnc(N)n1. The van der Waals surface area contributed by atoms with Crippen molar-refractivity contribution in [1.29, 1.82) is 0 Å². The second-order valence-electron chi connectivity index (χ2n) is 7.20. The average molecular weight is 392 g/mol. The van der Waals surface area contributed by atoms with Crippen LogP contribution in [0.25, 0.3) is 16.7 Å². The van der Waals surface area contributed by atoms with Gasteiger partial charge in [-0.25, -0.2) is 4.98 Å². The van der Waals surface area contributed by atoms with Crippen molar-refractivity contribution in [1.82, 2.24) is 14.5 Å². The second-order valence-corrected chi connectivity index (χ2v) is 7.20. The summed E-state index contributed by atoms with van der Waals surface area (Å²) in [6.07, 6.45) is 6.99. The highest BCUT2D eigenvalue weighted by Gasteiger charge is 2.28. The van der Waals surface area contributed by atoms with Crippen molar-refractivity contribution in [3.05, 3.63) is 42.2 Å². The Morgan fingerprint density at radius 1 is 1.24 bits per heavy atom. The summed E-state index contributed by atoms with van der Waals surface area (Å²) in [5.74, 6) is 7.79. The molecule has 0 spiro atoms. The Kier molecular flexibility index (Phi) is 5.38. The minimum Gasteiger partial charge on any atom is -0.490 e. The molecule has 0 amide bonds. The first-order valence-electron chi connectivity index (χ1n) is 9.69. The lowest BCUT2D eigenvalue weighted by atomic mass is 10.0. The third-order valence-electron chi connectivity index (χ3n) is 5.09.